The van der Waals surface area contributed by atoms with Crippen molar-refractivity contribution in [2.75, 3.05) is 40.9 Å². The van der Waals surface area contributed by atoms with Crippen molar-refractivity contribution in [3.63, 3.8) is 0 Å². The maximum atomic E-state index is 14.1. The number of pyridine rings is 1. The van der Waals surface area contributed by atoms with Crippen molar-refractivity contribution in [1.29, 1.82) is 5.26 Å². The van der Waals surface area contributed by atoms with Gasteiger partial charge in [0.25, 0.3) is 17.0 Å². The van der Waals surface area contributed by atoms with E-state index in [0.717, 1.165) is 30.5 Å². The third-order valence-electron chi connectivity index (χ3n) is 8.68. The third kappa shape index (κ3) is 5.15. The molecule has 10 nitrogen and oxygen atoms in total. The summed E-state index contributed by atoms with van der Waals surface area (Å²) in [4.78, 5) is 47.5. The lowest BCUT2D eigenvalue weighted by Crippen LogP contribution is -2.48. The minimum atomic E-state index is -0.423. The molecule has 4 aromatic rings. The van der Waals surface area contributed by atoms with Crippen molar-refractivity contribution in [3.05, 3.63) is 109 Å². The highest BCUT2D eigenvalue weighted by Crippen LogP contribution is 2.38. The summed E-state index contributed by atoms with van der Waals surface area (Å²) >= 11 is 6.80. The summed E-state index contributed by atoms with van der Waals surface area (Å²) in [6, 6.07) is 21.5. The van der Waals surface area contributed by atoms with Gasteiger partial charge in [-0.15, -0.1) is 0 Å². The number of anilines is 3. The normalized spacial score (nSPS) is 16.1. The number of para-hydroxylation sites is 2. The van der Waals surface area contributed by atoms with Gasteiger partial charge in [-0.1, -0.05) is 60.4 Å². The first-order valence-electron chi connectivity index (χ1n) is 15.0. The predicted octanol–water partition coefficient (Wildman–Crippen LogP) is 4.58. The molecule has 2 aromatic carbocycles. The molecule has 234 valence electrons. The zero-order valence-electron chi connectivity index (χ0n) is 26.1. The topological polar surface area (TPSA) is 99.5 Å². The Morgan fingerprint density at radius 1 is 0.891 bits per heavy atom. The molecule has 0 radical (unpaired) electrons. The van der Waals surface area contributed by atoms with Gasteiger partial charge in [0.15, 0.2) is 4.32 Å². The number of carbonyl (C=O) groups is 1. The van der Waals surface area contributed by atoms with Gasteiger partial charge in [-0.3, -0.25) is 28.5 Å². The van der Waals surface area contributed by atoms with Gasteiger partial charge in [0.1, 0.15) is 23.1 Å². The second-order valence-electron chi connectivity index (χ2n) is 11.1. The molecule has 0 atom stereocenters. The molecule has 4 heterocycles. The molecule has 46 heavy (non-hydrogen) atoms. The smallest absolute Gasteiger partial charge is 0.296 e. The van der Waals surface area contributed by atoms with E-state index < -0.39 is 5.91 Å². The number of amides is 1. The molecule has 6 rings (SSSR count). The Kier molecular flexibility index (Phi) is 8.46. The summed E-state index contributed by atoms with van der Waals surface area (Å²) in [5.74, 6) is 0.248. The quantitative estimate of drug-likeness (QED) is 0.221. The molecule has 0 aliphatic carbocycles. The molecule has 0 unspecified atom stereocenters. The van der Waals surface area contributed by atoms with Crippen LogP contribution in [0.15, 0.2) is 75.2 Å². The molecule has 2 aliphatic rings. The number of benzene rings is 2. The number of nitrogens with zero attached hydrogens (tertiary/aromatic N) is 7. The van der Waals surface area contributed by atoms with Crippen LogP contribution in [0.4, 0.5) is 17.2 Å². The molecule has 1 amide bonds. The number of rotatable bonds is 6. The number of aromatic nitrogens is 3. The summed E-state index contributed by atoms with van der Waals surface area (Å²) in [6.07, 6.45) is 1.73. The van der Waals surface area contributed by atoms with E-state index in [0.29, 0.717) is 52.9 Å². The lowest BCUT2D eigenvalue weighted by molar-refractivity contribution is -0.113. The Morgan fingerprint density at radius 2 is 1.48 bits per heavy atom. The van der Waals surface area contributed by atoms with E-state index in [4.69, 9.17) is 12.2 Å². The van der Waals surface area contributed by atoms with Crippen molar-refractivity contribution < 1.29 is 4.79 Å². The summed E-state index contributed by atoms with van der Waals surface area (Å²) < 4.78 is 5.09. The van der Waals surface area contributed by atoms with Crippen molar-refractivity contribution in [2.24, 2.45) is 7.05 Å². The van der Waals surface area contributed by atoms with Gasteiger partial charge >= 0.3 is 0 Å². The molecule has 2 saturated heterocycles. The van der Waals surface area contributed by atoms with E-state index in [2.05, 4.69) is 28.0 Å². The van der Waals surface area contributed by atoms with Crippen molar-refractivity contribution in [1.82, 2.24) is 13.9 Å². The number of carbonyl (C=O) groups excluding carboxylic acids is 1. The molecular weight excluding hydrogens is 619 g/mol. The molecule has 2 aliphatic heterocycles. The average Bonchev–Trinajstić information content (AvgIpc) is 3.47. The fraction of sp³-hybridized carbons (Fsp3) is 0.265. The Balaban J connectivity index is 1.42. The van der Waals surface area contributed by atoms with Crippen molar-refractivity contribution in [2.45, 2.75) is 27.3 Å². The number of nitriles is 1. The predicted molar refractivity (Wildman–Crippen MR) is 188 cm³/mol. The molecule has 0 saturated carbocycles. The van der Waals surface area contributed by atoms with Gasteiger partial charge in [0.05, 0.1) is 16.3 Å². The number of piperazine rings is 1. The molecule has 2 aromatic heterocycles. The summed E-state index contributed by atoms with van der Waals surface area (Å²) in [5.41, 5.74) is 3.05. The highest BCUT2D eigenvalue weighted by atomic mass is 32.2. The van der Waals surface area contributed by atoms with Crippen molar-refractivity contribution >= 4 is 57.5 Å². The van der Waals surface area contributed by atoms with Gasteiger partial charge in [-0.05, 0) is 56.7 Å². The van der Waals surface area contributed by atoms with Crippen LogP contribution in [-0.4, -0.2) is 50.3 Å². The van der Waals surface area contributed by atoms with Crippen LogP contribution < -0.4 is 25.8 Å². The molecule has 0 bridgehead atoms. The maximum Gasteiger partial charge on any atom is 0.296 e. The summed E-state index contributed by atoms with van der Waals surface area (Å²) in [7, 11) is 1.77. The highest BCUT2D eigenvalue weighted by Gasteiger charge is 2.38. The van der Waals surface area contributed by atoms with Gasteiger partial charge in [-0.25, -0.2) is 4.68 Å². The van der Waals surface area contributed by atoms with Crippen molar-refractivity contribution in [3.8, 4) is 11.8 Å². The van der Waals surface area contributed by atoms with Crippen LogP contribution in [0.3, 0.4) is 0 Å². The Bertz CT molecular complexity index is 2050. The van der Waals surface area contributed by atoms with Gasteiger partial charge in [0, 0.05) is 51.0 Å². The van der Waals surface area contributed by atoms with E-state index in [9.17, 15) is 19.6 Å². The lowest BCUT2D eigenvalue weighted by Gasteiger charge is -2.39. The summed E-state index contributed by atoms with van der Waals surface area (Å²) in [5, 5.41) is 9.99. The highest BCUT2D eigenvalue weighted by molar-refractivity contribution is 8.27. The van der Waals surface area contributed by atoms with E-state index in [1.165, 1.54) is 9.58 Å². The van der Waals surface area contributed by atoms with E-state index in [-0.39, 0.29) is 26.7 Å². The minimum Gasteiger partial charge on any atom is -0.368 e. The summed E-state index contributed by atoms with van der Waals surface area (Å²) in [6.45, 7) is 8.52. The monoisotopic (exact) mass is 651 g/mol. The van der Waals surface area contributed by atoms with Crippen LogP contribution in [0.2, 0.25) is 0 Å². The van der Waals surface area contributed by atoms with Crippen LogP contribution in [0, 0.1) is 25.2 Å². The second kappa shape index (κ2) is 12.5. The van der Waals surface area contributed by atoms with Gasteiger partial charge in [-0.2, -0.15) is 5.26 Å². The standard InChI is InChI=1S/C34H33N7O3S2/c1-5-39-30(38-18-16-37(17-19-38)24-12-8-6-9-13-24)26(22(2)27(21-35)31(39)42)20-28-32(43)40(34(45)46-28)29-23(3)36(4)41(33(29)44)25-14-10-7-11-15-25/h6-15,20H,5,16-19H2,1-4H3. The van der Waals surface area contributed by atoms with Gasteiger partial charge in [0.2, 0.25) is 0 Å². The van der Waals surface area contributed by atoms with Crippen LogP contribution >= 0.6 is 24.0 Å². The number of thioether (sulfide) groups is 1. The maximum absolute atomic E-state index is 14.1. The molecular formula is C34H33N7O3S2. The third-order valence-corrected chi connectivity index (χ3v) is 9.98. The number of hydrogen-bond acceptors (Lipinski definition) is 8. The lowest BCUT2D eigenvalue weighted by atomic mass is 10.0. The first-order valence-corrected chi connectivity index (χ1v) is 16.2. The first-order chi connectivity index (χ1) is 22.2. The zero-order valence-corrected chi connectivity index (χ0v) is 27.7. The average molecular weight is 652 g/mol. The van der Waals surface area contributed by atoms with Crippen LogP contribution in [0.5, 0.6) is 0 Å². The molecule has 12 heteroatoms. The van der Waals surface area contributed by atoms with Crippen LogP contribution in [0.1, 0.15) is 29.3 Å². The molecule has 0 spiro atoms. The van der Waals surface area contributed by atoms with E-state index in [1.807, 2.05) is 55.5 Å². The Hall–Kier alpha value is -4.86. The number of hydrogen-bond donors (Lipinski definition) is 0. The van der Waals surface area contributed by atoms with Gasteiger partial charge < -0.3 is 9.80 Å². The second-order valence-corrected chi connectivity index (χ2v) is 12.8. The van der Waals surface area contributed by atoms with Crippen LogP contribution in [0.25, 0.3) is 11.8 Å². The van der Waals surface area contributed by atoms with E-state index in [1.54, 1.807) is 36.2 Å². The minimum absolute atomic E-state index is 0.0416. The SMILES string of the molecule is CCn1c(N2CCN(c3ccccc3)CC2)c(C=C2SC(=S)N(c3c(C)n(C)n(-c4ccccc4)c3=O)C2=O)c(C)c(C#N)c1=O. The Morgan fingerprint density at radius 3 is 2.07 bits per heavy atom. The zero-order chi connectivity index (χ0) is 32.7. The first kappa shape index (κ1) is 31.1. The fourth-order valence-corrected chi connectivity index (χ4v) is 7.45. The fourth-order valence-electron chi connectivity index (χ4n) is 6.20. The molecule has 0 N–H and O–H groups in total. The van der Waals surface area contributed by atoms with Crippen LogP contribution in [-0.2, 0) is 18.4 Å². The molecule has 2 fully saturated rings. The largest absolute Gasteiger partial charge is 0.368 e. The Labute approximate surface area is 276 Å². The number of thiocarbonyl (C=S) groups is 1. The van der Waals surface area contributed by atoms with E-state index >= 15 is 0 Å².